The van der Waals surface area contributed by atoms with Gasteiger partial charge in [0.15, 0.2) is 5.54 Å². The highest BCUT2D eigenvalue weighted by molar-refractivity contribution is 6.29. The predicted molar refractivity (Wildman–Crippen MR) is 78.1 cm³/mol. The number of aromatic nitrogens is 1. The molecule has 5 nitrogen and oxygen atoms in total. The highest BCUT2D eigenvalue weighted by Gasteiger charge is 2.37. The number of hydrogen-bond acceptors (Lipinski definition) is 3. The first kappa shape index (κ1) is 15.0. The van der Waals surface area contributed by atoms with Gasteiger partial charge in [-0.05, 0) is 24.6 Å². The summed E-state index contributed by atoms with van der Waals surface area (Å²) in [4.78, 5) is 27.7. The Morgan fingerprint density at radius 2 is 1.81 bits per heavy atom. The third kappa shape index (κ3) is 3.20. The molecule has 0 saturated heterocycles. The molecular weight excluding hydrogens is 292 g/mol. The number of hydrogen-bond donors (Lipinski definition) is 2. The van der Waals surface area contributed by atoms with Crippen LogP contribution in [-0.4, -0.2) is 22.0 Å². The molecule has 0 radical (unpaired) electrons. The number of aliphatic carboxylic acids is 1. The van der Waals surface area contributed by atoms with Crippen LogP contribution < -0.4 is 5.32 Å². The Morgan fingerprint density at radius 3 is 2.38 bits per heavy atom. The Bertz CT molecular complexity index is 676. The summed E-state index contributed by atoms with van der Waals surface area (Å²) in [7, 11) is 0. The molecule has 1 atom stereocenters. The molecule has 21 heavy (non-hydrogen) atoms. The Hall–Kier alpha value is -2.40. The molecule has 1 unspecified atom stereocenters. The van der Waals surface area contributed by atoms with Crippen molar-refractivity contribution < 1.29 is 14.7 Å². The van der Waals surface area contributed by atoms with E-state index in [1.807, 2.05) is 0 Å². The number of carboxylic acids is 1. The predicted octanol–water partition coefficient (Wildman–Crippen LogP) is 2.46. The van der Waals surface area contributed by atoms with Crippen molar-refractivity contribution in [1.29, 1.82) is 0 Å². The van der Waals surface area contributed by atoms with E-state index < -0.39 is 17.4 Å². The van der Waals surface area contributed by atoms with E-state index in [0.717, 1.165) is 0 Å². The summed E-state index contributed by atoms with van der Waals surface area (Å²) in [5.41, 5.74) is -1.03. The number of amides is 1. The normalized spacial score (nSPS) is 13.2. The van der Waals surface area contributed by atoms with E-state index in [9.17, 15) is 14.7 Å². The molecule has 2 aromatic rings. The molecule has 2 rings (SSSR count). The number of carboxylic acid groups (broad SMARTS) is 1. The smallest absolute Gasteiger partial charge is 0.333 e. The number of rotatable bonds is 4. The van der Waals surface area contributed by atoms with Crippen molar-refractivity contribution in [3.63, 3.8) is 0 Å². The molecule has 1 heterocycles. The first-order chi connectivity index (χ1) is 9.93. The van der Waals surface area contributed by atoms with E-state index in [-0.39, 0.29) is 10.8 Å². The fraction of sp³-hybridized carbons (Fsp3) is 0.133. The summed E-state index contributed by atoms with van der Waals surface area (Å²) in [5, 5.41) is 12.1. The molecule has 1 aromatic carbocycles. The van der Waals surface area contributed by atoms with E-state index >= 15 is 0 Å². The third-order valence-corrected chi connectivity index (χ3v) is 3.30. The number of halogens is 1. The van der Waals surface area contributed by atoms with Gasteiger partial charge < -0.3 is 10.4 Å². The molecule has 0 aliphatic heterocycles. The van der Waals surface area contributed by atoms with Crippen molar-refractivity contribution in [2.45, 2.75) is 12.5 Å². The van der Waals surface area contributed by atoms with Crippen LogP contribution in [0, 0.1) is 0 Å². The number of pyridine rings is 1. The second-order valence-electron chi connectivity index (χ2n) is 4.60. The number of nitrogens with one attached hydrogen (secondary N) is 1. The lowest BCUT2D eigenvalue weighted by atomic mass is 9.92. The topological polar surface area (TPSA) is 79.3 Å². The van der Waals surface area contributed by atoms with Crippen LogP contribution in [-0.2, 0) is 10.3 Å². The Morgan fingerprint density at radius 1 is 1.14 bits per heavy atom. The van der Waals surface area contributed by atoms with Crippen molar-refractivity contribution in [3.05, 3.63) is 64.9 Å². The highest BCUT2D eigenvalue weighted by atomic mass is 35.5. The molecular formula is C15H13ClN2O3. The van der Waals surface area contributed by atoms with Crippen LogP contribution in [0.1, 0.15) is 23.0 Å². The molecule has 2 N–H and O–H groups in total. The van der Waals surface area contributed by atoms with Crippen LogP contribution >= 0.6 is 11.6 Å². The van der Waals surface area contributed by atoms with Gasteiger partial charge in [-0.1, -0.05) is 48.0 Å². The zero-order chi connectivity index (χ0) is 15.5. The number of carbonyl (C=O) groups excluding carboxylic acids is 1. The van der Waals surface area contributed by atoms with Crippen LogP contribution in [0.3, 0.4) is 0 Å². The molecule has 1 aromatic heterocycles. The zero-order valence-corrected chi connectivity index (χ0v) is 12.0. The maximum Gasteiger partial charge on any atom is 0.333 e. The van der Waals surface area contributed by atoms with Crippen LogP contribution in [0.15, 0.2) is 48.5 Å². The lowest BCUT2D eigenvalue weighted by Gasteiger charge is -2.26. The quantitative estimate of drug-likeness (QED) is 0.850. The lowest BCUT2D eigenvalue weighted by Crippen LogP contribution is -2.49. The summed E-state index contributed by atoms with van der Waals surface area (Å²) in [6.07, 6.45) is 0. The van der Waals surface area contributed by atoms with E-state index in [2.05, 4.69) is 10.3 Å². The minimum absolute atomic E-state index is 0.0610. The van der Waals surface area contributed by atoms with Crippen molar-refractivity contribution in [2.24, 2.45) is 0 Å². The van der Waals surface area contributed by atoms with Crippen LogP contribution in [0.4, 0.5) is 0 Å². The number of carbonyl (C=O) groups is 2. The largest absolute Gasteiger partial charge is 0.479 e. The van der Waals surface area contributed by atoms with Gasteiger partial charge in [-0.25, -0.2) is 9.78 Å². The fourth-order valence-corrected chi connectivity index (χ4v) is 2.01. The first-order valence-electron chi connectivity index (χ1n) is 6.17. The molecule has 0 saturated carbocycles. The molecule has 0 aliphatic carbocycles. The SMILES string of the molecule is CC(NC(=O)c1cccc(Cl)n1)(C(=O)O)c1ccccc1. The van der Waals surface area contributed by atoms with E-state index in [4.69, 9.17) is 11.6 Å². The summed E-state index contributed by atoms with van der Waals surface area (Å²) < 4.78 is 0. The molecule has 0 aliphatic rings. The van der Waals surface area contributed by atoms with Gasteiger partial charge in [0.25, 0.3) is 5.91 Å². The highest BCUT2D eigenvalue weighted by Crippen LogP contribution is 2.21. The first-order valence-corrected chi connectivity index (χ1v) is 6.55. The molecule has 0 bridgehead atoms. The van der Waals surface area contributed by atoms with Crippen molar-refractivity contribution >= 4 is 23.5 Å². The third-order valence-electron chi connectivity index (χ3n) is 3.09. The number of nitrogens with zero attached hydrogens (tertiary/aromatic N) is 1. The second kappa shape index (κ2) is 5.93. The molecule has 0 spiro atoms. The molecule has 6 heteroatoms. The summed E-state index contributed by atoms with van der Waals surface area (Å²) >= 11 is 5.73. The van der Waals surface area contributed by atoms with Crippen molar-refractivity contribution in [3.8, 4) is 0 Å². The van der Waals surface area contributed by atoms with Gasteiger partial charge in [-0.15, -0.1) is 0 Å². The van der Waals surface area contributed by atoms with E-state index in [1.54, 1.807) is 36.4 Å². The van der Waals surface area contributed by atoms with Crippen molar-refractivity contribution in [2.75, 3.05) is 0 Å². The van der Waals surface area contributed by atoms with Crippen LogP contribution in [0.2, 0.25) is 5.15 Å². The average Bonchev–Trinajstić information content (AvgIpc) is 2.47. The second-order valence-corrected chi connectivity index (χ2v) is 4.98. The van der Waals surface area contributed by atoms with Gasteiger partial charge in [0.1, 0.15) is 10.8 Å². The monoisotopic (exact) mass is 304 g/mol. The zero-order valence-electron chi connectivity index (χ0n) is 11.2. The maximum atomic E-state index is 12.2. The maximum absolute atomic E-state index is 12.2. The summed E-state index contributed by atoms with van der Waals surface area (Å²) in [6, 6.07) is 13.0. The van der Waals surface area contributed by atoms with Gasteiger partial charge in [-0.3, -0.25) is 4.79 Å². The van der Waals surface area contributed by atoms with Crippen LogP contribution in [0.25, 0.3) is 0 Å². The van der Waals surface area contributed by atoms with Gasteiger partial charge in [0.2, 0.25) is 0 Å². The van der Waals surface area contributed by atoms with Gasteiger partial charge in [0, 0.05) is 0 Å². The lowest BCUT2D eigenvalue weighted by molar-refractivity contribution is -0.144. The van der Waals surface area contributed by atoms with E-state index in [1.165, 1.54) is 19.1 Å². The van der Waals surface area contributed by atoms with Gasteiger partial charge in [-0.2, -0.15) is 0 Å². The van der Waals surface area contributed by atoms with Gasteiger partial charge >= 0.3 is 5.97 Å². The summed E-state index contributed by atoms with van der Waals surface area (Å²) in [6.45, 7) is 1.42. The number of benzene rings is 1. The Labute approximate surface area is 126 Å². The molecule has 1 amide bonds. The Balaban J connectivity index is 2.33. The minimum Gasteiger partial charge on any atom is -0.479 e. The van der Waals surface area contributed by atoms with Crippen LogP contribution in [0.5, 0.6) is 0 Å². The summed E-state index contributed by atoms with van der Waals surface area (Å²) in [5.74, 6) is -1.77. The molecule has 108 valence electrons. The molecule has 0 fully saturated rings. The minimum atomic E-state index is -1.55. The van der Waals surface area contributed by atoms with Gasteiger partial charge in [0.05, 0.1) is 0 Å². The van der Waals surface area contributed by atoms with Crippen molar-refractivity contribution in [1.82, 2.24) is 10.3 Å². The fourth-order valence-electron chi connectivity index (χ4n) is 1.85. The van der Waals surface area contributed by atoms with E-state index in [0.29, 0.717) is 5.56 Å². The standard InChI is InChI=1S/C15H13ClN2O3/c1-15(14(20)21,10-6-3-2-4-7-10)18-13(19)11-8-5-9-12(16)17-11/h2-9H,1H3,(H,18,19)(H,20,21). The Kier molecular flexibility index (Phi) is 4.23. The average molecular weight is 305 g/mol.